The van der Waals surface area contributed by atoms with Crippen molar-refractivity contribution >= 4 is 0 Å². The van der Waals surface area contributed by atoms with Gasteiger partial charge in [0.05, 0.1) is 37.6 Å². The standard InChI is InChI=1S/C33H41F3O6/c1-29-17-23(20-3-5-21(6-4-20)30(2)39-13-14-40-30)27-22(24(29)8-11-32(29,38)18-26(34)28(35)36)7-10-31(37)19-33(12-9-25(27)31)41-15-16-42-33/h3-6,22-24,37-38H,7-19H2,1-2H3. The first-order valence-electron chi connectivity index (χ1n) is 15.5. The summed E-state index contributed by atoms with van der Waals surface area (Å²) in [6.07, 6.45) is 1.27. The molecule has 6 atom stereocenters. The number of allylic oxidation sites excluding steroid dienone is 1. The van der Waals surface area contributed by atoms with E-state index in [1.807, 2.05) is 26.0 Å². The van der Waals surface area contributed by atoms with E-state index in [0.717, 1.165) is 16.7 Å². The minimum atomic E-state index is -2.36. The Morgan fingerprint density at radius 3 is 2.21 bits per heavy atom. The summed E-state index contributed by atoms with van der Waals surface area (Å²) in [4.78, 5) is 0. The van der Waals surface area contributed by atoms with Gasteiger partial charge in [0, 0.05) is 36.2 Å². The van der Waals surface area contributed by atoms with Crippen molar-refractivity contribution in [2.24, 2.45) is 17.3 Å². The van der Waals surface area contributed by atoms with Crippen LogP contribution in [0, 0.1) is 17.3 Å². The summed E-state index contributed by atoms with van der Waals surface area (Å²) in [6, 6.07) is 8.12. The summed E-state index contributed by atoms with van der Waals surface area (Å²) >= 11 is 0. The van der Waals surface area contributed by atoms with E-state index in [-0.39, 0.29) is 24.2 Å². The fraction of sp³-hybridized carbons (Fsp3) is 0.697. The molecule has 1 spiro atoms. The number of rotatable bonds is 4. The van der Waals surface area contributed by atoms with Crippen LogP contribution >= 0.6 is 0 Å². The first-order chi connectivity index (χ1) is 19.9. The maximum atomic E-state index is 14.4. The van der Waals surface area contributed by atoms with Gasteiger partial charge in [-0.2, -0.15) is 8.78 Å². The van der Waals surface area contributed by atoms with Crippen molar-refractivity contribution < 1.29 is 42.3 Å². The highest BCUT2D eigenvalue weighted by Crippen LogP contribution is 2.69. The van der Waals surface area contributed by atoms with Crippen molar-refractivity contribution in [2.75, 3.05) is 26.4 Å². The number of hydrogen-bond donors (Lipinski definition) is 2. The minimum absolute atomic E-state index is 0.00499. The van der Waals surface area contributed by atoms with Gasteiger partial charge in [0.2, 0.25) is 0 Å². The van der Waals surface area contributed by atoms with E-state index in [9.17, 15) is 23.4 Å². The van der Waals surface area contributed by atoms with Crippen LogP contribution in [0.3, 0.4) is 0 Å². The van der Waals surface area contributed by atoms with Crippen LogP contribution < -0.4 is 0 Å². The monoisotopic (exact) mass is 590 g/mol. The van der Waals surface area contributed by atoms with Crippen molar-refractivity contribution in [2.45, 2.75) is 100 Å². The molecule has 6 aliphatic rings. The van der Waals surface area contributed by atoms with Gasteiger partial charge in [-0.1, -0.05) is 36.8 Å². The van der Waals surface area contributed by atoms with Crippen LogP contribution in [0.2, 0.25) is 0 Å². The molecule has 6 unspecified atom stereocenters. The number of hydrogen-bond acceptors (Lipinski definition) is 6. The molecule has 0 radical (unpaired) electrons. The van der Waals surface area contributed by atoms with Crippen LogP contribution in [0.5, 0.6) is 0 Å². The van der Waals surface area contributed by atoms with Gasteiger partial charge in [-0.05, 0) is 68.4 Å². The van der Waals surface area contributed by atoms with Gasteiger partial charge >= 0.3 is 6.08 Å². The van der Waals surface area contributed by atoms with Gasteiger partial charge in [0.25, 0.3) is 0 Å². The van der Waals surface area contributed by atoms with E-state index in [2.05, 4.69) is 12.1 Å². The Morgan fingerprint density at radius 1 is 0.881 bits per heavy atom. The second-order valence-electron chi connectivity index (χ2n) is 13.9. The van der Waals surface area contributed by atoms with E-state index in [1.165, 1.54) is 5.57 Å². The summed E-state index contributed by atoms with van der Waals surface area (Å²) in [5, 5.41) is 24.1. The van der Waals surface area contributed by atoms with Crippen LogP contribution in [0.25, 0.3) is 0 Å². The third kappa shape index (κ3) is 4.29. The van der Waals surface area contributed by atoms with Crippen molar-refractivity contribution in [1.82, 2.24) is 0 Å². The molecule has 1 aromatic carbocycles. The second kappa shape index (κ2) is 9.88. The van der Waals surface area contributed by atoms with Gasteiger partial charge in [0.1, 0.15) is 0 Å². The normalized spacial score (nSPS) is 40.1. The molecular weight excluding hydrogens is 549 g/mol. The molecule has 230 valence electrons. The smallest absolute Gasteiger partial charge is 0.301 e. The molecule has 1 aromatic rings. The molecule has 9 heteroatoms. The molecule has 0 bridgehead atoms. The number of aliphatic hydroxyl groups is 2. The first-order valence-corrected chi connectivity index (χ1v) is 15.5. The van der Waals surface area contributed by atoms with Crippen molar-refractivity contribution in [3.8, 4) is 0 Å². The summed E-state index contributed by atoms with van der Waals surface area (Å²) in [5.41, 5.74) is 0.747. The van der Waals surface area contributed by atoms with Crippen molar-refractivity contribution in [1.29, 1.82) is 0 Å². The molecule has 5 fully saturated rings. The lowest BCUT2D eigenvalue weighted by atomic mass is 9.49. The van der Waals surface area contributed by atoms with Crippen LogP contribution in [-0.2, 0) is 24.7 Å². The van der Waals surface area contributed by atoms with E-state index < -0.39 is 46.5 Å². The highest BCUT2D eigenvalue weighted by molar-refractivity contribution is 5.45. The number of fused-ring (bicyclic) bond motifs is 4. The fourth-order valence-electron chi connectivity index (χ4n) is 9.72. The molecule has 2 saturated heterocycles. The van der Waals surface area contributed by atoms with Gasteiger partial charge in [0.15, 0.2) is 17.4 Å². The predicted molar refractivity (Wildman–Crippen MR) is 147 cm³/mol. The Bertz CT molecular complexity index is 1300. The first kappa shape index (κ1) is 29.0. The van der Waals surface area contributed by atoms with Crippen molar-refractivity contribution in [3.63, 3.8) is 0 Å². The van der Waals surface area contributed by atoms with Crippen molar-refractivity contribution in [3.05, 3.63) is 58.4 Å². The summed E-state index contributed by atoms with van der Waals surface area (Å²) < 4.78 is 64.8. The summed E-state index contributed by atoms with van der Waals surface area (Å²) in [6.45, 7) is 5.96. The Balaban J connectivity index is 1.32. The third-order valence-corrected chi connectivity index (χ3v) is 11.9. The lowest BCUT2D eigenvalue weighted by molar-refractivity contribution is -0.208. The van der Waals surface area contributed by atoms with E-state index >= 15 is 0 Å². The van der Waals surface area contributed by atoms with Gasteiger partial charge in [-0.25, -0.2) is 4.39 Å². The molecule has 2 aliphatic heterocycles. The number of halogens is 3. The van der Waals surface area contributed by atoms with Crippen LogP contribution in [0.15, 0.2) is 47.3 Å². The SMILES string of the molecule is CC1(c2ccc(C3CC4(C)C(CCC4(O)CC(F)=C(F)F)C4CCC5(O)CC6(CCC5=C34)OCCO6)cc2)OCCO1. The lowest BCUT2D eigenvalue weighted by Crippen LogP contribution is -2.55. The van der Waals surface area contributed by atoms with Gasteiger partial charge in [-0.3, -0.25) is 0 Å². The van der Waals surface area contributed by atoms with Crippen LogP contribution in [-0.4, -0.2) is 53.6 Å². The third-order valence-electron chi connectivity index (χ3n) is 11.9. The van der Waals surface area contributed by atoms with E-state index in [0.29, 0.717) is 71.4 Å². The molecule has 3 saturated carbocycles. The molecule has 6 nitrogen and oxygen atoms in total. The van der Waals surface area contributed by atoms with Gasteiger partial charge < -0.3 is 29.2 Å². The largest absolute Gasteiger partial charge is 0.389 e. The molecular formula is C33H41F3O6. The van der Waals surface area contributed by atoms with E-state index in [1.54, 1.807) is 0 Å². The number of ether oxygens (including phenoxy) is 4. The molecule has 42 heavy (non-hydrogen) atoms. The fourth-order valence-corrected chi connectivity index (χ4v) is 9.72. The average molecular weight is 591 g/mol. The predicted octanol–water partition coefficient (Wildman–Crippen LogP) is 6.37. The Morgan fingerprint density at radius 2 is 1.55 bits per heavy atom. The molecule has 7 rings (SSSR count). The Kier molecular flexibility index (Phi) is 6.82. The average Bonchev–Trinajstić information content (AvgIpc) is 3.66. The highest BCUT2D eigenvalue weighted by atomic mass is 19.3. The maximum absolute atomic E-state index is 14.4. The zero-order chi connectivity index (χ0) is 29.5. The minimum Gasteiger partial charge on any atom is -0.389 e. The second-order valence-corrected chi connectivity index (χ2v) is 13.9. The summed E-state index contributed by atoms with van der Waals surface area (Å²) in [5.74, 6) is -3.22. The molecule has 0 aromatic heterocycles. The molecule has 0 amide bonds. The zero-order valence-corrected chi connectivity index (χ0v) is 24.4. The van der Waals surface area contributed by atoms with Crippen LogP contribution in [0.4, 0.5) is 13.2 Å². The lowest BCUT2D eigenvalue weighted by Gasteiger charge is -2.57. The number of benzene rings is 1. The van der Waals surface area contributed by atoms with Gasteiger partial charge in [-0.15, -0.1) is 0 Å². The Hall–Kier alpha value is -1.75. The summed E-state index contributed by atoms with van der Waals surface area (Å²) in [7, 11) is 0. The molecule has 2 N–H and O–H groups in total. The molecule has 4 aliphatic carbocycles. The Labute approximate surface area is 244 Å². The molecule has 2 heterocycles. The maximum Gasteiger partial charge on any atom is 0.301 e. The quantitative estimate of drug-likeness (QED) is 0.397. The van der Waals surface area contributed by atoms with E-state index in [4.69, 9.17) is 18.9 Å². The highest BCUT2D eigenvalue weighted by Gasteiger charge is 2.65. The zero-order valence-electron chi connectivity index (χ0n) is 24.4. The topological polar surface area (TPSA) is 77.4 Å². The van der Waals surface area contributed by atoms with Crippen LogP contribution in [0.1, 0.15) is 88.7 Å².